The third-order valence-corrected chi connectivity index (χ3v) is 5.64. The van der Waals surface area contributed by atoms with Gasteiger partial charge in [-0.1, -0.05) is 42.5 Å². The molecule has 1 heterocycles. The number of methoxy groups -OCH3 is 1. The molecule has 0 fully saturated rings. The second-order valence-corrected chi connectivity index (χ2v) is 8.05. The molecule has 1 aromatic heterocycles. The zero-order chi connectivity index (χ0) is 24.5. The first-order valence-corrected chi connectivity index (χ1v) is 11.2. The van der Waals surface area contributed by atoms with Gasteiger partial charge in [0.15, 0.2) is 12.3 Å². The number of carbonyl (C=O) groups excluding carboxylic acids is 2. The van der Waals surface area contributed by atoms with Crippen LogP contribution in [0.3, 0.4) is 0 Å². The summed E-state index contributed by atoms with van der Waals surface area (Å²) in [5.74, 6) is -1.50. The Kier molecular flexibility index (Phi) is 8.80. The maximum Gasteiger partial charge on any atom is 0.330 e. The molecule has 34 heavy (non-hydrogen) atoms. The minimum Gasteiger partial charge on any atom is -0.455 e. The lowest BCUT2D eigenvalue weighted by Crippen LogP contribution is -2.43. The van der Waals surface area contributed by atoms with E-state index in [1.54, 1.807) is 0 Å². The number of H-pyrrole nitrogens is 1. The summed E-state index contributed by atoms with van der Waals surface area (Å²) < 4.78 is 11.5. The molecule has 0 saturated heterocycles. The average Bonchev–Trinajstić information content (AvgIpc) is 2.85. The van der Waals surface area contributed by atoms with Crippen LogP contribution in [0.1, 0.15) is 31.2 Å². The molecule has 0 aliphatic heterocycles. The minimum atomic E-state index is -0.790. The number of nitrogens with two attached hydrogens (primary N) is 1. The Bertz CT molecular complexity index is 1140. The normalized spacial score (nSPS) is 15.1. The molecule has 0 saturated carbocycles. The summed E-state index contributed by atoms with van der Waals surface area (Å²) in [5, 5.41) is 0. The van der Waals surface area contributed by atoms with E-state index >= 15 is 0 Å². The first-order chi connectivity index (χ1) is 16.4. The van der Waals surface area contributed by atoms with E-state index in [2.05, 4.69) is 4.98 Å². The predicted molar refractivity (Wildman–Crippen MR) is 128 cm³/mol. The Hall–Kier alpha value is -3.66. The van der Waals surface area contributed by atoms with Crippen LogP contribution < -0.4 is 21.9 Å². The van der Waals surface area contributed by atoms with Crippen LogP contribution in [0, 0.1) is 5.92 Å². The number of aromatic amines is 1. The van der Waals surface area contributed by atoms with Crippen LogP contribution in [0.25, 0.3) is 0 Å². The summed E-state index contributed by atoms with van der Waals surface area (Å²) in [4.78, 5) is 54.1. The van der Waals surface area contributed by atoms with Crippen molar-refractivity contribution < 1.29 is 19.1 Å². The molecular weight excluding hydrogens is 440 g/mol. The van der Waals surface area contributed by atoms with Crippen molar-refractivity contribution in [1.29, 1.82) is 0 Å². The molecule has 1 aromatic carbocycles. The molecule has 182 valence electrons. The molecule has 0 spiro atoms. The molecule has 1 unspecified atom stereocenters. The van der Waals surface area contributed by atoms with Gasteiger partial charge in [-0.15, -0.1) is 0 Å². The zero-order valence-electron chi connectivity index (χ0n) is 19.2. The quantitative estimate of drug-likeness (QED) is 0.304. The second kappa shape index (κ2) is 12.0. The topological polar surface area (TPSA) is 137 Å². The van der Waals surface area contributed by atoms with Crippen molar-refractivity contribution in [2.24, 2.45) is 5.92 Å². The van der Waals surface area contributed by atoms with Crippen LogP contribution in [0.15, 0.2) is 52.1 Å². The van der Waals surface area contributed by atoms with Gasteiger partial charge < -0.3 is 20.1 Å². The second-order valence-electron chi connectivity index (χ2n) is 8.05. The number of aromatic nitrogens is 2. The van der Waals surface area contributed by atoms with E-state index in [-0.39, 0.29) is 30.5 Å². The van der Waals surface area contributed by atoms with Crippen LogP contribution in [0.4, 0.5) is 11.5 Å². The van der Waals surface area contributed by atoms with E-state index in [4.69, 9.17) is 15.2 Å². The number of anilines is 2. The van der Waals surface area contributed by atoms with E-state index in [0.717, 1.165) is 16.9 Å². The van der Waals surface area contributed by atoms with Gasteiger partial charge in [0.2, 0.25) is 0 Å². The van der Waals surface area contributed by atoms with Crippen molar-refractivity contribution in [1.82, 2.24) is 9.55 Å². The first kappa shape index (κ1) is 25.0. The van der Waals surface area contributed by atoms with Crippen LogP contribution in [0.2, 0.25) is 0 Å². The fourth-order valence-corrected chi connectivity index (χ4v) is 3.83. The van der Waals surface area contributed by atoms with Crippen molar-refractivity contribution in [3.8, 4) is 0 Å². The first-order valence-electron chi connectivity index (χ1n) is 11.2. The van der Waals surface area contributed by atoms with Gasteiger partial charge in [-0.2, -0.15) is 0 Å². The zero-order valence-corrected chi connectivity index (χ0v) is 19.2. The van der Waals surface area contributed by atoms with Gasteiger partial charge >= 0.3 is 11.7 Å². The number of rotatable bonds is 10. The minimum absolute atomic E-state index is 0.0905. The van der Waals surface area contributed by atoms with E-state index in [9.17, 15) is 19.2 Å². The number of allylic oxidation sites excluding steroid dienone is 2. The molecule has 1 amide bonds. The smallest absolute Gasteiger partial charge is 0.330 e. The fourth-order valence-electron chi connectivity index (χ4n) is 3.83. The Morgan fingerprint density at radius 3 is 2.65 bits per heavy atom. The Morgan fingerprint density at radius 1 is 1.21 bits per heavy atom. The van der Waals surface area contributed by atoms with E-state index < -0.39 is 29.7 Å². The molecule has 2 aromatic rings. The highest BCUT2D eigenvalue weighted by Crippen LogP contribution is 2.21. The highest BCUT2D eigenvalue weighted by Gasteiger charge is 2.27. The molecule has 1 aliphatic rings. The summed E-state index contributed by atoms with van der Waals surface area (Å²) in [5.41, 5.74) is 5.41. The number of hydrogen-bond donors (Lipinski definition) is 2. The van der Waals surface area contributed by atoms with Crippen molar-refractivity contribution in [3.63, 3.8) is 0 Å². The van der Waals surface area contributed by atoms with Gasteiger partial charge in [0.25, 0.3) is 11.5 Å². The van der Waals surface area contributed by atoms with Crippen LogP contribution >= 0.6 is 0 Å². The SMILES string of the molecule is COCCCN(C(=O)COC(=O)C1CC=CCC1)c1c(N)n(Cc2ccccc2)c(=O)[nH]c1=O. The monoisotopic (exact) mass is 470 g/mol. The Balaban J connectivity index is 1.86. The van der Waals surface area contributed by atoms with E-state index in [0.29, 0.717) is 25.9 Å². The molecular formula is C24H30N4O6. The number of esters is 1. The number of carbonyl (C=O) groups is 2. The molecule has 0 radical (unpaired) electrons. The molecule has 0 bridgehead atoms. The van der Waals surface area contributed by atoms with E-state index in [1.807, 2.05) is 42.5 Å². The number of hydrogen-bond acceptors (Lipinski definition) is 7. The number of nitrogens with zero attached hydrogens (tertiary/aromatic N) is 2. The van der Waals surface area contributed by atoms with Gasteiger partial charge in [-0.3, -0.25) is 23.9 Å². The van der Waals surface area contributed by atoms with Crippen molar-refractivity contribution in [2.45, 2.75) is 32.2 Å². The number of amides is 1. The molecule has 1 atom stereocenters. The Labute approximate surface area is 197 Å². The van der Waals surface area contributed by atoms with E-state index in [1.165, 1.54) is 11.7 Å². The third-order valence-electron chi connectivity index (χ3n) is 5.64. The Morgan fingerprint density at radius 2 is 1.97 bits per heavy atom. The summed E-state index contributed by atoms with van der Waals surface area (Å²) >= 11 is 0. The van der Waals surface area contributed by atoms with Gasteiger partial charge in [0, 0.05) is 20.3 Å². The van der Waals surface area contributed by atoms with Crippen LogP contribution in [-0.4, -0.2) is 48.3 Å². The summed E-state index contributed by atoms with van der Waals surface area (Å²) in [6.45, 7) is -0.00502. The molecule has 1 aliphatic carbocycles. The third kappa shape index (κ3) is 6.22. The van der Waals surface area contributed by atoms with Crippen molar-refractivity contribution in [3.05, 3.63) is 68.9 Å². The van der Waals surface area contributed by atoms with Gasteiger partial charge in [0.1, 0.15) is 5.82 Å². The maximum absolute atomic E-state index is 13.1. The maximum atomic E-state index is 13.1. The summed E-state index contributed by atoms with van der Waals surface area (Å²) in [6, 6.07) is 9.12. The lowest BCUT2D eigenvalue weighted by Gasteiger charge is -2.25. The average molecular weight is 471 g/mol. The van der Waals surface area contributed by atoms with Crippen LogP contribution in [-0.2, 0) is 25.6 Å². The number of nitrogen functional groups attached to an aromatic ring is 1. The largest absolute Gasteiger partial charge is 0.455 e. The summed E-state index contributed by atoms with van der Waals surface area (Å²) in [7, 11) is 1.52. The van der Waals surface area contributed by atoms with Gasteiger partial charge in [-0.25, -0.2) is 4.79 Å². The van der Waals surface area contributed by atoms with Crippen molar-refractivity contribution in [2.75, 3.05) is 37.5 Å². The molecule has 10 heteroatoms. The highest BCUT2D eigenvalue weighted by atomic mass is 16.5. The number of benzene rings is 1. The van der Waals surface area contributed by atoms with Crippen molar-refractivity contribution >= 4 is 23.4 Å². The standard InChI is InChI=1S/C24H30N4O6/c1-33-14-8-13-27(19(29)16-34-23(31)18-11-6-3-7-12-18)20-21(25)28(24(32)26-22(20)30)15-17-9-4-2-5-10-17/h2-6,9-10,18H,7-8,11-16,25H2,1H3,(H,26,30,32). The molecule has 3 rings (SSSR count). The molecule has 10 nitrogen and oxygen atoms in total. The van der Waals surface area contributed by atoms with Gasteiger partial charge in [-0.05, 0) is 31.2 Å². The molecule has 3 N–H and O–H groups in total. The van der Waals surface area contributed by atoms with Gasteiger partial charge in [0.05, 0.1) is 12.5 Å². The lowest BCUT2D eigenvalue weighted by molar-refractivity contribution is -0.152. The number of ether oxygens (including phenoxy) is 2. The highest BCUT2D eigenvalue weighted by molar-refractivity contribution is 5.97. The lowest BCUT2D eigenvalue weighted by atomic mass is 9.95. The summed E-state index contributed by atoms with van der Waals surface area (Å²) in [6.07, 6.45) is 6.35. The number of nitrogens with one attached hydrogen (secondary N) is 1. The van der Waals surface area contributed by atoms with Crippen LogP contribution in [0.5, 0.6) is 0 Å². The predicted octanol–water partition coefficient (Wildman–Crippen LogP) is 1.44. The fraction of sp³-hybridized carbons (Fsp3) is 0.417.